The molecule has 0 bridgehead atoms. The third-order valence-corrected chi connectivity index (χ3v) is 4.58. The summed E-state index contributed by atoms with van der Waals surface area (Å²) in [6.45, 7) is 9.23. The number of ether oxygens (including phenoxy) is 2. The molecule has 1 aromatic carbocycles. The second-order valence-corrected chi connectivity index (χ2v) is 7.04. The van der Waals surface area contributed by atoms with Crippen molar-refractivity contribution in [3.8, 4) is 5.75 Å². The summed E-state index contributed by atoms with van der Waals surface area (Å²) in [4.78, 5) is 15.9. The molecule has 0 radical (unpaired) electrons. The molecule has 4 rings (SSSR count). The quantitative estimate of drug-likeness (QED) is 0.847. The number of hydrogen-bond acceptors (Lipinski definition) is 6. The summed E-state index contributed by atoms with van der Waals surface area (Å²) < 4.78 is 11.5. The summed E-state index contributed by atoms with van der Waals surface area (Å²) in [5, 5.41) is 0. The summed E-state index contributed by atoms with van der Waals surface area (Å²) >= 11 is 0. The molecule has 1 saturated heterocycles. The zero-order chi connectivity index (χ0) is 18.1. The predicted octanol–water partition coefficient (Wildman–Crippen LogP) is 2.84. The number of hydrogen-bond donors (Lipinski definition) is 0. The molecule has 0 unspecified atom stereocenters. The Morgan fingerprint density at radius 3 is 2.92 bits per heavy atom. The number of rotatable bonds is 4. The van der Waals surface area contributed by atoms with Crippen molar-refractivity contribution in [3.63, 3.8) is 0 Å². The molecule has 1 fully saturated rings. The lowest BCUT2D eigenvalue weighted by Gasteiger charge is -2.32. The SMILES string of the molecule is CC(C)Oc1ccc2c(c1)C(c1cc(N3CCO[C@H](C)C3)ncn1)=NC2. The highest BCUT2D eigenvalue weighted by Gasteiger charge is 2.22. The number of morpholine rings is 1. The maximum Gasteiger partial charge on any atom is 0.132 e. The Labute approximate surface area is 153 Å². The monoisotopic (exact) mass is 352 g/mol. The third-order valence-electron chi connectivity index (χ3n) is 4.58. The van der Waals surface area contributed by atoms with Crippen LogP contribution in [0, 0.1) is 0 Å². The molecule has 0 amide bonds. The van der Waals surface area contributed by atoms with Gasteiger partial charge in [-0.1, -0.05) is 6.07 Å². The van der Waals surface area contributed by atoms with Gasteiger partial charge in [0, 0.05) is 24.7 Å². The lowest BCUT2D eigenvalue weighted by molar-refractivity contribution is 0.0529. The molecule has 1 atom stereocenters. The van der Waals surface area contributed by atoms with Crippen molar-refractivity contribution in [2.24, 2.45) is 4.99 Å². The molecule has 0 N–H and O–H groups in total. The molecule has 1 aromatic heterocycles. The van der Waals surface area contributed by atoms with Gasteiger partial charge < -0.3 is 14.4 Å². The zero-order valence-corrected chi connectivity index (χ0v) is 15.5. The lowest BCUT2D eigenvalue weighted by atomic mass is 10.0. The highest BCUT2D eigenvalue weighted by Crippen LogP contribution is 2.28. The van der Waals surface area contributed by atoms with E-state index in [1.54, 1.807) is 6.33 Å². The van der Waals surface area contributed by atoms with Gasteiger partial charge in [0.15, 0.2) is 0 Å². The van der Waals surface area contributed by atoms with E-state index in [4.69, 9.17) is 14.5 Å². The minimum Gasteiger partial charge on any atom is -0.491 e. The Bertz CT molecular complexity index is 834. The smallest absolute Gasteiger partial charge is 0.132 e. The van der Waals surface area contributed by atoms with E-state index in [9.17, 15) is 0 Å². The normalized spacial score (nSPS) is 19.5. The van der Waals surface area contributed by atoms with Gasteiger partial charge in [0.05, 0.1) is 36.8 Å². The number of aliphatic imine (C=N–C) groups is 1. The van der Waals surface area contributed by atoms with Crippen LogP contribution < -0.4 is 9.64 Å². The second-order valence-electron chi connectivity index (χ2n) is 7.04. The van der Waals surface area contributed by atoms with E-state index in [1.165, 1.54) is 5.56 Å². The first kappa shape index (κ1) is 17.0. The summed E-state index contributed by atoms with van der Waals surface area (Å²) in [7, 11) is 0. The molecule has 3 heterocycles. The highest BCUT2D eigenvalue weighted by molar-refractivity contribution is 6.14. The number of aromatic nitrogens is 2. The van der Waals surface area contributed by atoms with Gasteiger partial charge >= 0.3 is 0 Å². The van der Waals surface area contributed by atoms with Gasteiger partial charge in [-0.3, -0.25) is 4.99 Å². The van der Waals surface area contributed by atoms with Crippen LogP contribution in [0.25, 0.3) is 0 Å². The van der Waals surface area contributed by atoms with E-state index in [1.807, 2.05) is 26.0 Å². The van der Waals surface area contributed by atoms with Crippen LogP contribution in [0.4, 0.5) is 5.82 Å². The van der Waals surface area contributed by atoms with Crippen LogP contribution in [0.15, 0.2) is 35.6 Å². The fourth-order valence-corrected chi connectivity index (χ4v) is 3.40. The topological polar surface area (TPSA) is 59.8 Å². The number of anilines is 1. The number of fused-ring (bicyclic) bond motifs is 1. The van der Waals surface area contributed by atoms with E-state index < -0.39 is 0 Å². The fourth-order valence-electron chi connectivity index (χ4n) is 3.40. The lowest BCUT2D eigenvalue weighted by Crippen LogP contribution is -2.41. The molecule has 0 aliphatic carbocycles. The standard InChI is InChI=1S/C20H24N4O2/c1-13(2)26-16-5-4-15-10-21-20(17(15)8-16)18-9-19(23-12-22-18)24-6-7-25-14(3)11-24/h4-5,8-9,12-14H,6-7,10-11H2,1-3H3/t14-/m1/s1. The second kappa shape index (κ2) is 7.03. The minimum absolute atomic E-state index is 0.142. The van der Waals surface area contributed by atoms with Crippen molar-refractivity contribution in [2.45, 2.75) is 39.5 Å². The Hall–Kier alpha value is -2.47. The maximum absolute atomic E-state index is 5.84. The number of nitrogens with zero attached hydrogens (tertiary/aromatic N) is 4. The largest absolute Gasteiger partial charge is 0.491 e. The predicted molar refractivity (Wildman–Crippen MR) is 101 cm³/mol. The van der Waals surface area contributed by atoms with Crippen molar-refractivity contribution in [3.05, 3.63) is 47.4 Å². The summed E-state index contributed by atoms with van der Waals surface area (Å²) in [5.74, 6) is 1.79. The van der Waals surface area contributed by atoms with Crippen LogP contribution >= 0.6 is 0 Å². The number of benzene rings is 1. The van der Waals surface area contributed by atoms with Gasteiger partial charge in [-0.05, 0) is 38.5 Å². The van der Waals surface area contributed by atoms with Crippen molar-refractivity contribution >= 4 is 11.5 Å². The molecule has 6 heteroatoms. The van der Waals surface area contributed by atoms with Crippen molar-refractivity contribution < 1.29 is 9.47 Å². The summed E-state index contributed by atoms with van der Waals surface area (Å²) in [6.07, 6.45) is 1.98. The molecule has 26 heavy (non-hydrogen) atoms. The zero-order valence-electron chi connectivity index (χ0n) is 15.5. The molecule has 136 valence electrons. The van der Waals surface area contributed by atoms with Crippen LogP contribution in [0.3, 0.4) is 0 Å². The van der Waals surface area contributed by atoms with Crippen LogP contribution in [0.2, 0.25) is 0 Å². The first-order valence-electron chi connectivity index (χ1n) is 9.13. The molecule has 6 nitrogen and oxygen atoms in total. The average Bonchev–Trinajstić information content (AvgIpc) is 3.04. The molecular weight excluding hydrogens is 328 g/mol. The molecule has 2 aromatic rings. The summed E-state index contributed by atoms with van der Waals surface area (Å²) in [6, 6.07) is 8.20. The van der Waals surface area contributed by atoms with E-state index in [0.717, 1.165) is 48.2 Å². The van der Waals surface area contributed by atoms with Crippen molar-refractivity contribution in [2.75, 3.05) is 24.6 Å². The average molecular weight is 352 g/mol. The van der Waals surface area contributed by atoms with Gasteiger partial charge in [0.25, 0.3) is 0 Å². The molecular formula is C20H24N4O2. The minimum atomic E-state index is 0.142. The van der Waals surface area contributed by atoms with Gasteiger partial charge in [-0.2, -0.15) is 0 Å². The Morgan fingerprint density at radius 2 is 2.12 bits per heavy atom. The Morgan fingerprint density at radius 1 is 1.23 bits per heavy atom. The fraction of sp³-hybridized carbons (Fsp3) is 0.450. The molecule has 0 spiro atoms. The van der Waals surface area contributed by atoms with Crippen molar-refractivity contribution in [1.82, 2.24) is 9.97 Å². The van der Waals surface area contributed by atoms with Crippen LogP contribution in [-0.2, 0) is 11.3 Å². The van der Waals surface area contributed by atoms with Gasteiger partial charge in [-0.25, -0.2) is 9.97 Å². The first-order chi connectivity index (χ1) is 12.6. The van der Waals surface area contributed by atoms with E-state index in [0.29, 0.717) is 6.54 Å². The van der Waals surface area contributed by atoms with Crippen molar-refractivity contribution in [1.29, 1.82) is 0 Å². The van der Waals surface area contributed by atoms with Gasteiger partial charge in [0.1, 0.15) is 17.9 Å². The van der Waals surface area contributed by atoms with Gasteiger partial charge in [0.2, 0.25) is 0 Å². The third kappa shape index (κ3) is 3.42. The van der Waals surface area contributed by atoms with Gasteiger partial charge in [-0.15, -0.1) is 0 Å². The van der Waals surface area contributed by atoms with E-state index in [2.05, 4.69) is 33.9 Å². The van der Waals surface area contributed by atoms with E-state index in [-0.39, 0.29) is 12.2 Å². The van der Waals surface area contributed by atoms with E-state index >= 15 is 0 Å². The highest BCUT2D eigenvalue weighted by atomic mass is 16.5. The van der Waals surface area contributed by atoms with Crippen LogP contribution in [-0.4, -0.2) is 47.6 Å². The molecule has 2 aliphatic rings. The molecule has 0 saturated carbocycles. The van der Waals surface area contributed by atoms with Crippen LogP contribution in [0.1, 0.15) is 37.6 Å². The maximum atomic E-state index is 5.84. The Balaban J connectivity index is 1.63. The van der Waals surface area contributed by atoms with Crippen LogP contribution in [0.5, 0.6) is 5.75 Å². The molecule has 2 aliphatic heterocycles. The summed E-state index contributed by atoms with van der Waals surface area (Å²) in [5.41, 5.74) is 4.08. The Kier molecular flexibility index (Phi) is 4.59. The first-order valence-corrected chi connectivity index (χ1v) is 9.13.